The summed E-state index contributed by atoms with van der Waals surface area (Å²) in [6.45, 7) is 0. The van der Waals surface area contributed by atoms with Crippen molar-refractivity contribution in [2.45, 2.75) is 0 Å². The molecule has 0 radical (unpaired) electrons. The highest BCUT2D eigenvalue weighted by molar-refractivity contribution is 6.30. The number of nitrogens with zero attached hydrogens (tertiary/aromatic N) is 4. The summed E-state index contributed by atoms with van der Waals surface area (Å²) in [6, 6.07) is 4.31. The van der Waals surface area contributed by atoms with Crippen molar-refractivity contribution in [1.29, 1.82) is 0 Å². The largest absolute Gasteiger partial charge is 0.383 e. The van der Waals surface area contributed by atoms with Crippen LogP contribution in [-0.2, 0) is 0 Å². The molecule has 5 nitrogen and oxygen atoms in total. The monoisotopic (exact) mass is 263 g/mol. The number of nitrogen functional groups attached to an aromatic ring is 1. The van der Waals surface area contributed by atoms with Crippen LogP contribution in [0.1, 0.15) is 0 Å². The van der Waals surface area contributed by atoms with E-state index >= 15 is 0 Å². The molecule has 2 heterocycles. The second kappa shape index (κ2) is 3.92. The molecular weight excluding hydrogens is 257 g/mol. The van der Waals surface area contributed by atoms with Crippen LogP contribution in [0.2, 0.25) is 5.02 Å². The van der Waals surface area contributed by atoms with E-state index in [0.29, 0.717) is 22.5 Å². The first kappa shape index (κ1) is 10.9. The Kier molecular flexibility index (Phi) is 2.38. The average Bonchev–Trinajstić information content (AvgIpc) is 2.78. The van der Waals surface area contributed by atoms with Crippen LogP contribution in [0.4, 0.5) is 10.2 Å². The van der Waals surface area contributed by atoms with Crippen molar-refractivity contribution in [2.75, 3.05) is 5.73 Å². The third-order valence-electron chi connectivity index (χ3n) is 2.54. The zero-order chi connectivity index (χ0) is 12.7. The molecule has 0 bridgehead atoms. The maximum absolute atomic E-state index is 13.1. The molecule has 2 aromatic heterocycles. The van der Waals surface area contributed by atoms with Crippen LogP contribution in [0.25, 0.3) is 16.7 Å². The topological polar surface area (TPSA) is 69.6 Å². The van der Waals surface area contributed by atoms with Crippen LogP contribution in [0.5, 0.6) is 0 Å². The van der Waals surface area contributed by atoms with E-state index in [9.17, 15) is 4.39 Å². The minimum absolute atomic E-state index is 0.0261. The summed E-state index contributed by atoms with van der Waals surface area (Å²) in [6.07, 6.45) is 2.91. The van der Waals surface area contributed by atoms with Crippen LogP contribution in [0.3, 0.4) is 0 Å². The number of halogens is 2. The summed E-state index contributed by atoms with van der Waals surface area (Å²) in [5.41, 5.74) is 6.86. The molecule has 90 valence electrons. The van der Waals surface area contributed by atoms with Gasteiger partial charge in [-0.15, -0.1) is 0 Å². The number of benzene rings is 1. The number of hydrogen-bond acceptors (Lipinski definition) is 4. The first-order valence-corrected chi connectivity index (χ1v) is 5.44. The number of hydrogen-bond donors (Lipinski definition) is 1. The van der Waals surface area contributed by atoms with Crippen molar-refractivity contribution in [3.8, 4) is 5.69 Å². The predicted molar refractivity (Wildman–Crippen MR) is 66.0 cm³/mol. The lowest BCUT2D eigenvalue weighted by Crippen LogP contribution is -1.99. The number of aromatic nitrogens is 4. The standard InChI is InChI=1S/C11H7ClFN5/c12-8-3-6(1-2-9(8)13)18-11-7(4-17-18)10(14)15-5-16-11/h1-5H,(H2,14,15,16). The lowest BCUT2D eigenvalue weighted by Gasteiger charge is -2.03. The van der Waals surface area contributed by atoms with E-state index in [1.807, 2.05) is 0 Å². The van der Waals surface area contributed by atoms with Crippen molar-refractivity contribution in [3.05, 3.63) is 41.6 Å². The molecule has 3 aromatic rings. The Hall–Kier alpha value is -2.21. The minimum atomic E-state index is -0.481. The van der Waals surface area contributed by atoms with Crippen molar-refractivity contribution < 1.29 is 4.39 Å². The molecule has 0 saturated heterocycles. The summed E-state index contributed by atoms with van der Waals surface area (Å²) in [7, 11) is 0. The molecule has 0 aliphatic rings. The van der Waals surface area contributed by atoms with E-state index in [2.05, 4.69) is 15.1 Å². The molecular formula is C11H7ClFN5. The first-order valence-electron chi connectivity index (χ1n) is 5.06. The normalized spacial score (nSPS) is 11.0. The molecule has 0 saturated carbocycles. The van der Waals surface area contributed by atoms with Gasteiger partial charge in [-0.2, -0.15) is 5.10 Å². The van der Waals surface area contributed by atoms with E-state index in [1.54, 1.807) is 12.3 Å². The van der Waals surface area contributed by atoms with E-state index in [1.165, 1.54) is 23.1 Å². The molecule has 0 aliphatic heterocycles. The van der Waals surface area contributed by atoms with Gasteiger partial charge in [-0.3, -0.25) is 0 Å². The number of nitrogens with two attached hydrogens (primary N) is 1. The van der Waals surface area contributed by atoms with Gasteiger partial charge in [-0.05, 0) is 18.2 Å². The highest BCUT2D eigenvalue weighted by Crippen LogP contribution is 2.22. The van der Waals surface area contributed by atoms with Crippen LogP contribution in [-0.4, -0.2) is 19.7 Å². The second-order valence-electron chi connectivity index (χ2n) is 3.65. The quantitative estimate of drug-likeness (QED) is 0.731. The fourth-order valence-electron chi connectivity index (χ4n) is 1.67. The fraction of sp³-hybridized carbons (Fsp3) is 0. The van der Waals surface area contributed by atoms with Crippen LogP contribution >= 0.6 is 11.6 Å². The maximum Gasteiger partial charge on any atom is 0.168 e. The second-order valence-corrected chi connectivity index (χ2v) is 4.06. The SMILES string of the molecule is Nc1ncnc2c1cnn2-c1ccc(F)c(Cl)c1. The van der Waals surface area contributed by atoms with Gasteiger partial charge in [0.1, 0.15) is 18.0 Å². The van der Waals surface area contributed by atoms with Gasteiger partial charge in [-0.1, -0.05) is 11.6 Å². The zero-order valence-electron chi connectivity index (χ0n) is 9.01. The number of anilines is 1. The zero-order valence-corrected chi connectivity index (χ0v) is 9.76. The molecule has 3 rings (SSSR count). The molecule has 0 atom stereocenters. The summed E-state index contributed by atoms with van der Waals surface area (Å²) < 4.78 is 14.6. The van der Waals surface area contributed by atoms with Crippen molar-refractivity contribution in [3.63, 3.8) is 0 Å². The van der Waals surface area contributed by atoms with E-state index < -0.39 is 5.82 Å². The van der Waals surface area contributed by atoms with E-state index in [-0.39, 0.29) is 5.02 Å². The smallest absolute Gasteiger partial charge is 0.168 e. The molecule has 0 aliphatic carbocycles. The van der Waals surface area contributed by atoms with Crippen molar-refractivity contribution in [1.82, 2.24) is 19.7 Å². The summed E-state index contributed by atoms with van der Waals surface area (Å²) in [5, 5.41) is 4.81. The molecule has 0 unspecified atom stereocenters. The van der Waals surface area contributed by atoms with Gasteiger partial charge >= 0.3 is 0 Å². The molecule has 0 spiro atoms. The summed E-state index contributed by atoms with van der Waals surface area (Å²) in [4.78, 5) is 7.98. The van der Waals surface area contributed by atoms with Gasteiger partial charge in [0.2, 0.25) is 0 Å². The Balaban J connectivity index is 2.25. The van der Waals surface area contributed by atoms with Crippen LogP contribution in [0, 0.1) is 5.82 Å². The number of rotatable bonds is 1. The Morgan fingerprint density at radius 1 is 1.28 bits per heavy atom. The Labute approximate surface area is 106 Å². The van der Waals surface area contributed by atoms with Crippen LogP contribution in [0.15, 0.2) is 30.7 Å². The Morgan fingerprint density at radius 3 is 2.89 bits per heavy atom. The molecule has 18 heavy (non-hydrogen) atoms. The highest BCUT2D eigenvalue weighted by Gasteiger charge is 2.10. The highest BCUT2D eigenvalue weighted by atomic mass is 35.5. The van der Waals surface area contributed by atoms with Crippen LogP contribution < -0.4 is 5.73 Å². The first-order chi connectivity index (χ1) is 8.66. The van der Waals surface area contributed by atoms with Gasteiger partial charge in [-0.25, -0.2) is 19.0 Å². The lowest BCUT2D eigenvalue weighted by molar-refractivity contribution is 0.627. The summed E-state index contributed by atoms with van der Waals surface area (Å²) in [5.74, 6) is -0.134. The van der Waals surface area contributed by atoms with Crippen molar-refractivity contribution in [2.24, 2.45) is 0 Å². The fourth-order valence-corrected chi connectivity index (χ4v) is 1.84. The van der Waals surface area contributed by atoms with Gasteiger partial charge < -0.3 is 5.73 Å². The Morgan fingerprint density at radius 2 is 2.11 bits per heavy atom. The van der Waals surface area contributed by atoms with Gasteiger partial charge in [0.05, 0.1) is 22.3 Å². The van der Waals surface area contributed by atoms with Gasteiger partial charge in [0.15, 0.2) is 5.65 Å². The summed E-state index contributed by atoms with van der Waals surface area (Å²) >= 11 is 5.74. The Bertz CT molecular complexity index is 739. The molecule has 1 aromatic carbocycles. The van der Waals surface area contributed by atoms with Crippen molar-refractivity contribution >= 4 is 28.5 Å². The van der Waals surface area contributed by atoms with E-state index in [4.69, 9.17) is 17.3 Å². The third kappa shape index (κ3) is 1.58. The molecule has 7 heteroatoms. The minimum Gasteiger partial charge on any atom is -0.383 e. The number of fused-ring (bicyclic) bond motifs is 1. The lowest BCUT2D eigenvalue weighted by atomic mass is 10.3. The molecule has 2 N–H and O–H groups in total. The predicted octanol–water partition coefficient (Wildman–Crippen LogP) is 2.19. The third-order valence-corrected chi connectivity index (χ3v) is 2.83. The van der Waals surface area contributed by atoms with Gasteiger partial charge in [0.25, 0.3) is 0 Å². The van der Waals surface area contributed by atoms with E-state index in [0.717, 1.165) is 0 Å². The average molecular weight is 264 g/mol. The maximum atomic E-state index is 13.1. The van der Waals surface area contributed by atoms with Gasteiger partial charge in [0, 0.05) is 0 Å². The molecule has 0 amide bonds. The molecule has 0 fully saturated rings.